The predicted molar refractivity (Wildman–Crippen MR) is 131 cm³/mol. The van der Waals surface area contributed by atoms with Gasteiger partial charge < -0.3 is 20.1 Å². The van der Waals surface area contributed by atoms with Crippen LogP contribution in [0.2, 0.25) is 0 Å². The third-order valence-electron chi connectivity index (χ3n) is 5.63. The molecule has 3 heterocycles. The summed E-state index contributed by atoms with van der Waals surface area (Å²) < 4.78 is 14.4. The Morgan fingerprint density at radius 2 is 1.66 bits per heavy atom. The van der Waals surface area contributed by atoms with Crippen LogP contribution in [0.4, 0.5) is 10.6 Å². The number of fused-ring (bicyclic) bond motifs is 1. The smallest absolute Gasteiger partial charge is 0.410 e. The van der Waals surface area contributed by atoms with Crippen LogP contribution in [0.25, 0.3) is 16.9 Å². The number of amides is 1. The van der Waals surface area contributed by atoms with Crippen molar-refractivity contribution in [2.24, 2.45) is 0 Å². The topological polar surface area (TPSA) is 118 Å². The summed E-state index contributed by atoms with van der Waals surface area (Å²) in [6.45, 7) is 6.12. The second-order valence-electron chi connectivity index (χ2n) is 9.37. The lowest BCUT2D eigenvalue weighted by atomic mass is 10.1. The predicted octanol–water partition coefficient (Wildman–Crippen LogP) is 3.75. The van der Waals surface area contributed by atoms with Gasteiger partial charge >= 0.3 is 11.8 Å². The van der Waals surface area contributed by atoms with E-state index in [0.717, 1.165) is 0 Å². The fourth-order valence-electron chi connectivity index (χ4n) is 4.02. The van der Waals surface area contributed by atoms with Gasteiger partial charge in [-0.1, -0.05) is 18.2 Å². The van der Waals surface area contributed by atoms with Crippen LogP contribution in [0.1, 0.15) is 26.8 Å². The van der Waals surface area contributed by atoms with Crippen molar-refractivity contribution >= 4 is 23.1 Å². The molecule has 1 fully saturated rings. The number of anilines is 1. The third kappa shape index (κ3) is 4.30. The number of rotatable bonds is 4. The van der Waals surface area contributed by atoms with Crippen molar-refractivity contribution in [1.82, 2.24) is 24.0 Å². The van der Waals surface area contributed by atoms with E-state index in [4.69, 9.17) is 15.2 Å². The molecule has 5 rings (SSSR count). The van der Waals surface area contributed by atoms with E-state index in [-0.39, 0.29) is 17.5 Å². The molecule has 0 bridgehead atoms. The largest absolute Gasteiger partial charge is 0.457 e. The van der Waals surface area contributed by atoms with Crippen molar-refractivity contribution in [2.45, 2.75) is 32.4 Å². The van der Waals surface area contributed by atoms with Gasteiger partial charge in [0, 0.05) is 13.1 Å². The lowest BCUT2D eigenvalue weighted by Gasteiger charge is -2.39. The fraction of sp³-hybridized carbons (Fsp3) is 0.280. The summed E-state index contributed by atoms with van der Waals surface area (Å²) in [4.78, 5) is 36.0. The molecular formula is C25H26N6O4. The standard InChI is InChI=1S/C25H26N6O4/c1-25(2,3)35-24(33)29-13-17(14-29)31-22-20(21(26)27-15-28-22)30(23(31)32)16-9-11-19(12-10-16)34-18-7-5-4-6-8-18/h4-12,15,17H,13-14H2,1-3H3,(H2,26,27,28). The van der Waals surface area contributed by atoms with Gasteiger partial charge in [0.25, 0.3) is 0 Å². The minimum atomic E-state index is -0.590. The molecule has 180 valence electrons. The molecule has 0 radical (unpaired) electrons. The monoisotopic (exact) mass is 474 g/mol. The van der Waals surface area contributed by atoms with Crippen molar-refractivity contribution in [3.8, 4) is 17.2 Å². The first-order valence-corrected chi connectivity index (χ1v) is 11.3. The third-order valence-corrected chi connectivity index (χ3v) is 5.63. The van der Waals surface area contributed by atoms with Crippen molar-refractivity contribution in [3.63, 3.8) is 0 Å². The molecule has 1 aliphatic rings. The van der Waals surface area contributed by atoms with Gasteiger partial charge in [0.1, 0.15) is 28.9 Å². The van der Waals surface area contributed by atoms with Crippen molar-refractivity contribution in [2.75, 3.05) is 18.8 Å². The molecule has 0 atom stereocenters. The lowest BCUT2D eigenvalue weighted by molar-refractivity contribution is 0.00105. The molecular weight excluding hydrogens is 448 g/mol. The number of ether oxygens (including phenoxy) is 2. The summed E-state index contributed by atoms with van der Waals surface area (Å²) in [5.41, 5.74) is 6.72. The summed E-state index contributed by atoms with van der Waals surface area (Å²) in [6.07, 6.45) is 0.924. The van der Waals surface area contributed by atoms with Gasteiger partial charge in [0.2, 0.25) is 0 Å². The van der Waals surface area contributed by atoms with E-state index in [1.165, 1.54) is 10.9 Å². The molecule has 0 saturated carbocycles. The van der Waals surface area contributed by atoms with Gasteiger partial charge in [0.15, 0.2) is 11.5 Å². The quantitative estimate of drug-likeness (QED) is 0.479. The summed E-state index contributed by atoms with van der Waals surface area (Å²) in [6, 6.07) is 16.3. The highest BCUT2D eigenvalue weighted by Crippen LogP contribution is 2.29. The Morgan fingerprint density at radius 1 is 1.00 bits per heavy atom. The highest BCUT2D eigenvalue weighted by atomic mass is 16.6. The number of hydrogen-bond acceptors (Lipinski definition) is 7. The lowest BCUT2D eigenvalue weighted by Crippen LogP contribution is -2.54. The zero-order valence-corrected chi connectivity index (χ0v) is 19.7. The number of likely N-dealkylation sites (tertiary alicyclic amines) is 1. The van der Waals surface area contributed by atoms with E-state index in [1.54, 1.807) is 33.7 Å². The Bertz CT molecular complexity index is 1430. The maximum atomic E-state index is 13.6. The van der Waals surface area contributed by atoms with Crippen LogP contribution in [0, 0.1) is 0 Å². The Morgan fingerprint density at radius 3 is 2.31 bits per heavy atom. The van der Waals surface area contributed by atoms with Crippen LogP contribution >= 0.6 is 0 Å². The van der Waals surface area contributed by atoms with E-state index >= 15 is 0 Å². The number of nitrogens with zero attached hydrogens (tertiary/aromatic N) is 5. The Balaban J connectivity index is 1.46. The number of aromatic nitrogens is 4. The second kappa shape index (κ2) is 8.46. The number of carbonyl (C=O) groups is 1. The number of benzene rings is 2. The van der Waals surface area contributed by atoms with Crippen LogP contribution in [-0.2, 0) is 4.74 Å². The summed E-state index contributed by atoms with van der Waals surface area (Å²) in [5, 5.41) is 0. The summed E-state index contributed by atoms with van der Waals surface area (Å²) in [7, 11) is 0. The molecule has 1 amide bonds. The SMILES string of the molecule is CC(C)(C)OC(=O)N1CC(n2c(=O)n(-c3ccc(Oc4ccccc4)cc3)c3c(N)ncnc32)C1. The summed E-state index contributed by atoms with van der Waals surface area (Å²) in [5.74, 6) is 1.54. The summed E-state index contributed by atoms with van der Waals surface area (Å²) >= 11 is 0. The van der Waals surface area contributed by atoms with Crippen molar-refractivity contribution in [1.29, 1.82) is 0 Å². The van der Waals surface area contributed by atoms with Crippen molar-refractivity contribution < 1.29 is 14.3 Å². The maximum Gasteiger partial charge on any atom is 0.410 e. The number of imidazole rings is 1. The molecule has 1 saturated heterocycles. The molecule has 2 N–H and O–H groups in total. The van der Waals surface area contributed by atoms with Crippen LogP contribution in [0.3, 0.4) is 0 Å². The molecule has 2 aromatic carbocycles. The van der Waals surface area contributed by atoms with Gasteiger partial charge in [0.05, 0.1) is 11.7 Å². The molecule has 0 unspecified atom stereocenters. The minimum absolute atomic E-state index is 0.193. The number of nitrogen functional groups attached to an aromatic ring is 1. The number of para-hydroxylation sites is 1. The van der Waals surface area contributed by atoms with Crippen LogP contribution in [-0.4, -0.2) is 48.8 Å². The van der Waals surface area contributed by atoms with E-state index < -0.39 is 11.7 Å². The molecule has 10 nitrogen and oxygen atoms in total. The highest BCUT2D eigenvalue weighted by molar-refractivity contribution is 5.84. The molecule has 4 aromatic rings. The van der Waals surface area contributed by atoms with Crippen LogP contribution in [0.15, 0.2) is 65.7 Å². The number of carbonyl (C=O) groups excluding carboxylic acids is 1. The van der Waals surface area contributed by atoms with E-state index in [1.807, 2.05) is 51.1 Å². The van der Waals surface area contributed by atoms with Gasteiger partial charge in [-0.2, -0.15) is 0 Å². The second-order valence-corrected chi connectivity index (χ2v) is 9.37. The number of hydrogen-bond donors (Lipinski definition) is 1. The molecule has 10 heteroatoms. The Hall–Kier alpha value is -4.34. The average Bonchev–Trinajstić information content (AvgIpc) is 3.06. The Labute approximate surface area is 201 Å². The normalized spacial score (nSPS) is 14.1. The first kappa shape index (κ1) is 22.5. The maximum absolute atomic E-state index is 13.6. The first-order valence-electron chi connectivity index (χ1n) is 11.3. The van der Waals surface area contributed by atoms with E-state index in [0.29, 0.717) is 41.4 Å². The molecule has 0 aliphatic carbocycles. The molecule has 35 heavy (non-hydrogen) atoms. The van der Waals surface area contributed by atoms with Gasteiger partial charge in [-0.15, -0.1) is 0 Å². The zero-order valence-electron chi connectivity index (χ0n) is 19.7. The minimum Gasteiger partial charge on any atom is -0.457 e. The van der Waals surface area contributed by atoms with Gasteiger partial charge in [-0.3, -0.25) is 9.13 Å². The fourth-order valence-corrected chi connectivity index (χ4v) is 4.02. The molecule has 2 aromatic heterocycles. The van der Waals surface area contributed by atoms with Gasteiger partial charge in [-0.25, -0.2) is 19.6 Å². The molecule has 1 aliphatic heterocycles. The molecule has 0 spiro atoms. The van der Waals surface area contributed by atoms with E-state index in [2.05, 4.69) is 9.97 Å². The van der Waals surface area contributed by atoms with Gasteiger partial charge in [-0.05, 0) is 57.2 Å². The first-order chi connectivity index (χ1) is 16.7. The van der Waals surface area contributed by atoms with Crippen molar-refractivity contribution in [3.05, 3.63) is 71.4 Å². The highest BCUT2D eigenvalue weighted by Gasteiger charge is 2.37. The van der Waals surface area contributed by atoms with E-state index in [9.17, 15) is 9.59 Å². The van der Waals surface area contributed by atoms with Crippen LogP contribution < -0.4 is 16.2 Å². The Kier molecular flexibility index (Phi) is 5.43. The zero-order chi connectivity index (χ0) is 24.7. The number of nitrogens with two attached hydrogens (primary N) is 1. The average molecular weight is 475 g/mol. The van der Waals surface area contributed by atoms with Crippen LogP contribution in [0.5, 0.6) is 11.5 Å².